The number of allylic oxidation sites excluding steroid dienone is 1. The van der Waals surface area contributed by atoms with Crippen LogP contribution >= 0.6 is 0 Å². The van der Waals surface area contributed by atoms with Crippen LogP contribution in [0.2, 0.25) is 0 Å². The van der Waals surface area contributed by atoms with Crippen LogP contribution in [0.25, 0.3) is 0 Å². The van der Waals surface area contributed by atoms with E-state index < -0.39 is 5.75 Å². The van der Waals surface area contributed by atoms with Gasteiger partial charge >= 0.3 is 0 Å². The molecule has 0 amide bonds. The summed E-state index contributed by atoms with van der Waals surface area (Å²) < 4.78 is 0. The minimum atomic E-state index is -0.467. The van der Waals surface area contributed by atoms with E-state index in [9.17, 15) is 10.2 Å². The van der Waals surface area contributed by atoms with Crippen LogP contribution in [0.4, 0.5) is 0 Å². The maximum Gasteiger partial charge on any atom is 0.200 e. The van der Waals surface area contributed by atoms with Gasteiger partial charge in [-0.2, -0.15) is 0 Å². The Morgan fingerprint density at radius 3 is 2.46 bits per heavy atom. The molecule has 0 saturated carbocycles. The van der Waals surface area contributed by atoms with Gasteiger partial charge in [0, 0.05) is 0 Å². The largest absolute Gasteiger partial charge is 0.504 e. The lowest BCUT2D eigenvalue weighted by atomic mass is 10.0. The summed E-state index contributed by atoms with van der Waals surface area (Å²) in [6.45, 7) is 5.23. The average molecular weight is 180 g/mol. The molecular weight excluding hydrogens is 168 g/mol. The van der Waals surface area contributed by atoms with E-state index in [4.69, 9.17) is 5.11 Å². The van der Waals surface area contributed by atoms with Gasteiger partial charge in [0.15, 0.2) is 11.5 Å². The summed E-state index contributed by atoms with van der Waals surface area (Å²) >= 11 is 0. The molecule has 3 nitrogen and oxygen atoms in total. The summed E-state index contributed by atoms with van der Waals surface area (Å²) in [5.41, 5.74) is 1.32. The van der Waals surface area contributed by atoms with Crippen molar-refractivity contribution in [3.05, 3.63) is 29.8 Å². The highest BCUT2D eigenvalue weighted by Gasteiger charge is 2.12. The van der Waals surface area contributed by atoms with Crippen molar-refractivity contribution in [2.24, 2.45) is 0 Å². The Morgan fingerprint density at radius 1 is 1.31 bits per heavy atom. The Balaban J connectivity index is 3.31. The van der Waals surface area contributed by atoms with Crippen molar-refractivity contribution in [2.75, 3.05) is 0 Å². The number of phenols is 3. The van der Waals surface area contributed by atoms with Gasteiger partial charge in [0.2, 0.25) is 5.75 Å². The van der Waals surface area contributed by atoms with Gasteiger partial charge in [-0.25, -0.2) is 0 Å². The lowest BCUT2D eigenvalue weighted by Crippen LogP contribution is -1.88. The Bertz CT molecular complexity index is 343. The zero-order valence-electron chi connectivity index (χ0n) is 7.41. The summed E-state index contributed by atoms with van der Waals surface area (Å²) in [7, 11) is 0. The number of hydrogen-bond donors (Lipinski definition) is 3. The summed E-state index contributed by atoms with van der Waals surface area (Å²) in [6, 6.07) is 1.42. The Kier molecular flexibility index (Phi) is 2.46. The molecule has 0 saturated heterocycles. The highest BCUT2D eigenvalue weighted by molar-refractivity contribution is 5.56. The quantitative estimate of drug-likeness (QED) is 0.480. The SMILES string of the molecule is C=CCc1cc(O)c(O)c(O)c1C. The minimum absolute atomic E-state index is 0.267. The van der Waals surface area contributed by atoms with Gasteiger partial charge < -0.3 is 15.3 Å². The standard InChI is InChI=1S/C10H12O3/c1-3-4-7-5-8(11)10(13)9(12)6(7)2/h3,5,11-13H,1,4H2,2H3. The highest BCUT2D eigenvalue weighted by atomic mass is 16.3. The molecule has 0 aromatic heterocycles. The molecule has 1 rings (SSSR count). The van der Waals surface area contributed by atoms with Crippen molar-refractivity contribution in [1.82, 2.24) is 0 Å². The van der Waals surface area contributed by atoms with E-state index in [1.54, 1.807) is 13.0 Å². The van der Waals surface area contributed by atoms with Gasteiger partial charge in [-0.15, -0.1) is 6.58 Å². The highest BCUT2D eigenvalue weighted by Crippen LogP contribution is 2.39. The number of aromatic hydroxyl groups is 3. The van der Waals surface area contributed by atoms with Gasteiger partial charge in [-0.1, -0.05) is 6.08 Å². The molecule has 70 valence electrons. The van der Waals surface area contributed by atoms with Crippen molar-refractivity contribution in [3.63, 3.8) is 0 Å². The summed E-state index contributed by atoms with van der Waals surface area (Å²) in [4.78, 5) is 0. The van der Waals surface area contributed by atoms with Gasteiger partial charge in [0.05, 0.1) is 0 Å². The molecule has 0 spiro atoms. The van der Waals surface area contributed by atoms with Gasteiger partial charge in [-0.05, 0) is 30.5 Å². The third-order valence-electron chi connectivity index (χ3n) is 1.98. The predicted molar refractivity (Wildman–Crippen MR) is 50.1 cm³/mol. The lowest BCUT2D eigenvalue weighted by molar-refractivity contribution is 0.365. The normalized spacial score (nSPS) is 9.92. The second-order valence-electron chi connectivity index (χ2n) is 2.87. The fraction of sp³-hybridized carbons (Fsp3) is 0.200. The van der Waals surface area contributed by atoms with Crippen molar-refractivity contribution in [3.8, 4) is 17.2 Å². The van der Waals surface area contributed by atoms with Gasteiger partial charge in [0.1, 0.15) is 0 Å². The van der Waals surface area contributed by atoms with Crippen molar-refractivity contribution in [1.29, 1.82) is 0 Å². The fourth-order valence-electron chi connectivity index (χ4n) is 1.16. The van der Waals surface area contributed by atoms with E-state index in [-0.39, 0.29) is 11.5 Å². The van der Waals surface area contributed by atoms with Crippen molar-refractivity contribution >= 4 is 0 Å². The second kappa shape index (κ2) is 3.39. The molecule has 0 radical (unpaired) electrons. The molecule has 3 N–H and O–H groups in total. The first-order valence-electron chi connectivity index (χ1n) is 3.92. The number of rotatable bonds is 2. The van der Waals surface area contributed by atoms with Crippen LogP contribution in [0.15, 0.2) is 18.7 Å². The first-order chi connectivity index (χ1) is 6.07. The smallest absolute Gasteiger partial charge is 0.200 e. The topological polar surface area (TPSA) is 60.7 Å². The zero-order valence-corrected chi connectivity index (χ0v) is 7.41. The monoisotopic (exact) mass is 180 g/mol. The Morgan fingerprint density at radius 2 is 1.92 bits per heavy atom. The maximum absolute atomic E-state index is 9.35. The Labute approximate surface area is 76.6 Å². The van der Waals surface area contributed by atoms with Crippen LogP contribution in [-0.2, 0) is 6.42 Å². The van der Waals surface area contributed by atoms with Crippen LogP contribution in [0.1, 0.15) is 11.1 Å². The average Bonchev–Trinajstić information content (AvgIpc) is 2.11. The summed E-state index contributed by atoms with van der Waals surface area (Å²) in [5, 5.41) is 27.7. The number of hydrogen-bond acceptors (Lipinski definition) is 3. The molecule has 0 aliphatic carbocycles. The van der Waals surface area contributed by atoms with Crippen LogP contribution in [-0.4, -0.2) is 15.3 Å². The van der Waals surface area contributed by atoms with Crippen LogP contribution in [0, 0.1) is 6.92 Å². The van der Waals surface area contributed by atoms with Gasteiger partial charge in [-0.3, -0.25) is 0 Å². The third kappa shape index (κ3) is 1.59. The number of phenolic OH excluding ortho intramolecular Hbond substituents is 3. The molecule has 1 aromatic rings. The zero-order chi connectivity index (χ0) is 10.0. The molecular formula is C10H12O3. The molecule has 0 bridgehead atoms. The minimum Gasteiger partial charge on any atom is -0.504 e. The van der Waals surface area contributed by atoms with Crippen LogP contribution in [0.5, 0.6) is 17.2 Å². The van der Waals surface area contributed by atoms with Crippen LogP contribution < -0.4 is 0 Å². The molecule has 13 heavy (non-hydrogen) atoms. The van der Waals surface area contributed by atoms with E-state index >= 15 is 0 Å². The maximum atomic E-state index is 9.35. The second-order valence-corrected chi connectivity index (χ2v) is 2.87. The van der Waals surface area contributed by atoms with E-state index in [0.29, 0.717) is 12.0 Å². The van der Waals surface area contributed by atoms with E-state index in [2.05, 4.69) is 6.58 Å². The summed E-state index contributed by atoms with van der Waals surface area (Å²) in [5.74, 6) is -1.04. The first-order valence-corrected chi connectivity index (χ1v) is 3.92. The number of benzene rings is 1. The lowest BCUT2D eigenvalue weighted by Gasteiger charge is -2.08. The molecule has 0 atom stereocenters. The molecule has 0 heterocycles. The fourth-order valence-corrected chi connectivity index (χ4v) is 1.16. The van der Waals surface area contributed by atoms with Crippen LogP contribution in [0.3, 0.4) is 0 Å². The van der Waals surface area contributed by atoms with Crippen molar-refractivity contribution in [2.45, 2.75) is 13.3 Å². The molecule has 0 aliphatic rings. The molecule has 3 heteroatoms. The van der Waals surface area contributed by atoms with E-state index in [1.165, 1.54) is 6.07 Å². The summed E-state index contributed by atoms with van der Waals surface area (Å²) in [6.07, 6.45) is 2.21. The molecule has 1 aromatic carbocycles. The van der Waals surface area contributed by atoms with E-state index in [1.807, 2.05) is 0 Å². The third-order valence-corrected chi connectivity index (χ3v) is 1.98. The van der Waals surface area contributed by atoms with Crippen molar-refractivity contribution < 1.29 is 15.3 Å². The van der Waals surface area contributed by atoms with Gasteiger partial charge in [0.25, 0.3) is 0 Å². The predicted octanol–water partition coefficient (Wildman–Crippen LogP) is 1.84. The molecule has 0 unspecified atom stereocenters. The first kappa shape index (κ1) is 9.45. The molecule has 0 fully saturated rings. The Hall–Kier alpha value is -1.64. The van der Waals surface area contributed by atoms with E-state index in [0.717, 1.165) is 5.56 Å². The molecule has 0 aliphatic heterocycles.